The van der Waals surface area contributed by atoms with Crippen LogP contribution in [0, 0.1) is 11.3 Å². The van der Waals surface area contributed by atoms with Crippen LogP contribution < -0.4 is 5.32 Å². The Morgan fingerprint density at radius 1 is 1.67 bits per heavy atom. The molecule has 0 bridgehead atoms. The maximum absolute atomic E-state index is 8.59. The molecule has 3 heteroatoms. The molecule has 12 heavy (non-hydrogen) atoms. The zero-order valence-corrected chi connectivity index (χ0v) is 7.55. The molecule has 1 heterocycles. The molecule has 68 valence electrons. The number of nitriles is 1. The lowest BCUT2D eigenvalue weighted by Crippen LogP contribution is -2.20. The lowest BCUT2D eigenvalue weighted by molar-refractivity contribution is 0.0642. The summed E-state index contributed by atoms with van der Waals surface area (Å²) >= 11 is 0. The zero-order chi connectivity index (χ0) is 8.81. The van der Waals surface area contributed by atoms with E-state index < -0.39 is 0 Å². The average molecular weight is 168 g/mol. The highest BCUT2D eigenvalue weighted by molar-refractivity contribution is 4.97. The van der Waals surface area contributed by atoms with Crippen LogP contribution in [0.3, 0.4) is 0 Å². The summed E-state index contributed by atoms with van der Waals surface area (Å²) in [4.78, 5) is 0. The van der Waals surface area contributed by atoms with E-state index in [2.05, 4.69) is 18.3 Å². The van der Waals surface area contributed by atoms with Crippen LogP contribution in [0.5, 0.6) is 0 Å². The number of ether oxygens (including phenoxy) is 1. The van der Waals surface area contributed by atoms with Crippen LogP contribution in [0.4, 0.5) is 0 Å². The quantitative estimate of drug-likeness (QED) is 0.638. The Balaban J connectivity index is 2.08. The summed E-state index contributed by atoms with van der Waals surface area (Å²) in [5.74, 6) is 0. The molecule has 0 spiro atoms. The summed E-state index contributed by atoms with van der Waals surface area (Å²) in [5, 5.41) is 11.7. The van der Waals surface area contributed by atoms with Gasteiger partial charge in [-0.3, -0.25) is 5.32 Å². The molecule has 0 aromatic carbocycles. The Morgan fingerprint density at radius 2 is 2.50 bits per heavy atom. The molecule has 1 saturated heterocycles. The van der Waals surface area contributed by atoms with E-state index in [-0.39, 0.29) is 12.1 Å². The molecule has 0 aromatic heterocycles. The van der Waals surface area contributed by atoms with Crippen molar-refractivity contribution in [3.05, 3.63) is 0 Å². The number of hydrogen-bond donors (Lipinski definition) is 1. The van der Waals surface area contributed by atoms with Crippen LogP contribution >= 0.6 is 0 Å². The van der Waals surface area contributed by atoms with Crippen molar-refractivity contribution in [3.8, 4) is 6.07 Å². The van der Waals surface area contributed by atoms with Gasteiger partial charge in [0.1, 0.15) is 0 Å². The van der Waals surface area contributed by atoms with Crippen LogP contribution in [-0.2, 0) is 4.74 Å². The highest BCUT2D eigenvalue weighted by Gasteiger charge is 2.23. The van der Waals surface area contributed by atoms with Crippen molar-refractivity contribution < 1.29 is 4.74 Å². The van der Waals surface area contributed by atoms with Gasteiger partial charge in [-0.2, -0.15) is 5.26 Å². The molecular weight excluding hydrogens is 152 g/mol. The van der Waals surface area contributed by atoms with Crippen molar-refractivity contribution in [1.29, 1.82) is 5.26 Å². The highest BCUT2D eigenvalue weighted by Crippen LogP contribution is 2.09. The predicted molar refractivity (Wildman–Crippen MR) is 46.7 cm³/mol. The van der Waals surface area contributed by atoms with Crippen molar-refractivity contribution in [2.24, 2.45) is 0 Å². The van der Waals surface area contributed by atoms with E-state index in [1.807, 2.05) is 0 Å². The van der Waals surface area contributed by atoms with Gasteiger partial charge in [0.25, 0.3) is 0 Å². The van der Waals surface area contributed by atoms with E-state index >= 15 is 0 Å². The maximum Gasteiger partial charge on any atom is 0.0979 e. The summed E-state index contributed by atoms with van der Waals surface area (Å²) in [6.07, 6.45) is 3.40. The minimum absolute atomic E-state index is 0.0108. The molecule has 1 N–H and O–H groups in total. The van der Waals surface area contributed by atoms with E-state index in [1.54, 1.807) is 0 Å². The number of unbranched alkanes of at least 4 members (excludes halogenated alkanes) is 1. The second kappa shape index (κ2) is 5.13. The summed E-state index contributed by atoms with van der Waals surface area (Å²) < 4.78 is 5.56. The number of rotatable bonds is 4. The Hall–Kier alpha value is -0.590. The molecule has 0 saturated carbocycles. The van der Waals surface area contributed by atoms with Gasteiger partial charge in [-0.1, -0.05) is 13.3 Å². The van der Waals surface area contributed by atoms with Crippen molar-refractivity contribution in [2.45, 2.75) is 38.3 Å². The minimum atomic E-state index is 0.0108. The van der Waals surface area contributed by atoms with E-state index in [0.29, 0.717) is 0 Å². The Morgan fingerprint density at radius 3 is 3.08 bits per heavy atom. The maximum atomic E-state index is 8.59. The van der Waals surface area contributed by atoms with Gasteiger partial charge in [0.2, 0.25) is 0 Å². The van der Waals surface area contributed by atoms with Crippen molar-refractivity contribution in [3.63, 3.8) is 0 Å². The van der Waals surface area contributed by atoms with E-state index in [9.17, 15) is 0 Å². The van der Waals surface area contributed by atoms with Gasteiger partial charge in [0.05, 0.1) is 18.2 Å². The Kier molecular flexibility index (Phi) is 4.06. The van der Waals surface area contributed by atoms with Gasteiger partial charge in [0, 0.05) is 19.6 Å². The first kappa shape index (κ1) is 9.50. The van der Waals surface area contributed by atoms with Gasteiger partial charge in [-0.05, 0) is 6.42 Å². The van der Waals surface area contributed by atoms with Gasteiger partial charge in [0.15, 0.2) is 0 Å². The van der Waals surface area contributed by atoms with Crippen molar-refractivity contribution in [1.82, 2.24) is 5.32 Å². The largest absolute Gasteiger partial charge is 0.377 e. The van der Waals surface area contributed by atoms with E-state index in [4.69, 9.17) is 10.00 Å². The molecule has 0 aliphatic carbocycles. The fourth-order valence-corrected chi connectivity index (χ4v) is 1.32. The second-order valence-electron chi connectivity index (χ2n) is 3.17. The molecule has 1 rings (SSSR count). The van der Waals surface area contributed by atoms with Gasteiger partial charge in [-0.15, -0.1) is 0 Å². The summed E-state index contributed by atoms with van der Waals surface area (Å²) in [7, 11) is 0. The number of nitrogens with one attached hydrogen (secondary N) is 1. The highest BCUT2D eigenvalue weighted by atomic mass is 16.5. The predicted octanol–water partition coefficient (Wildman–Crippen LogP) is 1.06. The normalized spacial score (nSPS) is 28.7. The molecule has 3 nitrogen and oxygen atoms in total. The van der Waals surface area contributed by atoms with Crippen molar-refractivity contribution >= 4 is 0 Å². The molecule has 1 fully saturated rings. The van der Waals surface area contributed by atoms with Crippen LogP contribution in [0.2, 0.25) is 0 Å². The van der Waals surface area contributed by atoms with Crippen LogP contribution in [0.1, 0.15) is 26.2 Å². The topological polar surface area (TPSA) is 45.0 Å². The molecule has 0 radical (unpaired) electrons. The monoisotopic (exact) mass is 168 g/mol. The van der Waals surface area contributed by atoms with Crippen LogP contribution in [0.15, 0.2) is 0 Å². The fraction of sp³-hybridized carbons (Fsp3) is 0.889. The third-order valence-corrected chi connectivity index (χ3v) is 2.10. The van der Waals surface area contributed by atoms with E-state index in [1.165, 1.54) is 6.42 Å². The first-order valence-corrected chi connectivity index (χ1v) is 4.61. The molecule has 0 amide bonds. The number of hydrogen-bond acceptors (Lipinski definition) is 3. The second-order valence-corrected chi connectivity index (χ2v) is 3.17. The van der Waals surface area contributed by atoms with Gasteiger partial charge >= 0.3 is 0 Å². The minimum Gasteiger partial charge on any atom is -0.377 e. The average Bonchev–Trinajstić information content (AvgIpc) is 2.53. The lowest BCUT2D eigenvalue weighted by atomic mass is 10.2. The molecule has 1 aliphatic rings. The van der Waals surface area contributed by atoms with Crippen LogP contribution in [-0.4, -0.2) is 25.3 Å². The Bertz CT molecular complexity index is 164. The van der Waals surface area contributed by atoms with Gasteiger partial charge in [-0.25, -0.2) is 0 Å². The summed E-state index contributed by atoms with van der Waals surface area (Å²) in [6, 6.07) is 2.20. The van der Waals surface area contributed by atoms with E-state index in [0.717, 1.165) is 26.0 Å². The SMILES string of the molecule is CCCCO[C@H]1CN[C@H](C#N)C1. The fourth-order valence-electron chi connectivity index (χ4n) is 1.32. The molecule has 2 atom stereocenters. The zero-order valence-electron chi connectivity index (χ0n) is 7.55. The standard InChI is InChI=1S/C9H16N2O/c1-2-3-4-12-9-5-8(6-10)11-7-9/h8-9,11H,2-5,7H2,1H3/t8-,9+/m0/s1. The summed E-state index contributed by atoms with van der Waals surface area (Å²) in [6.45, 7) is 3.82. The van der Waals surface area contributed by atoms with Gasteiger partial charge < -0.3 is 4.74 Å². The third kappa shape index (κ3) is 2.80. The lowest BCUT2D eigenvalue weighted by Gasteiger charge is -2.08. The molecule has 0 aromatic rings. The first-order chi connectivity index (χ1) is 5.86. The third-order valence-electron chi connectivity index (χ3n) is 2.10. The molecular formula is C9H16N2O. The molecule has 0 unspecified atom stereocenters. The van der Waals surface area contributed by atoms with Crippen LogP contribution in [0.25, 0.3) is 0 Å². The summed E-state index contributed by atoms with van der Waals surface area (Å²) in [5.41, 5.74) is 0. The first-order valence-electron chi connectivity index (χ1n) is 4.61. The Labute approximate surface area is 73.7 Å². The molecule has 1 aliphatic heterocycles. The number of nitrogens with zero attached hydrogens (tertiary/aromatic N) is 1. The van der Waals surface area contributed by atoms with Crippen molar-refractivity contribution in [2.75, 3.05) is 13.2 Å². The smallest absolute Gasteiger partial charge is 0.0979 e.